The van der Waals surface area contributed by atoms with Crippen LogP contribution in [0, 0.1) is 0 Å². The van der Waals surface area contributed by atoms with E-state index >= 15 is 0 Å². The van der Waals surface area contributed by atoms with Crippen LogP contribution in [0.25, 0.3) is 6.08 Å². The van der Waals surface area contributed by atoms with Gasteiger partial charge in [0.15, 0.2) is 0 Å². The molecule has 0 atom stereocenters. The number of nitrogens with zero attached hydrogens (tertiary/aromatic N) is 1. The van der Waals surface area contributed by atoms with Crippen LogP contribution in [0.15, 0.2) is 29.8 Å². The maximum atomic E-state index is 5.64. The summed E-state index contributed by atoms with van der Waals surface area (Å²) in [5.74, 6) is 1.46. The van der Waals surface area contributed by atoms with E-state index in [1.165, 1.54) is 0 Å². The second kappa shape index (κ2) is 4.24. The lowest BCUT2D eigenvalue weighted by Gasteiger charge is -2.10. The van der Waals surface area contributed by atoms with Gasteiger partial charge >= 0.3 is 0 Å². The second-order valence-electron chi connectivity index (χ2n) is 4.64. The Hall–Kier alpha value is -1.77. The first-order chi connectivity index (χ1) is 8.07. The van der Waals surface area contributed by atoms with Crippen molar-refractivity contribution in [2.75, 3.05) is 13.7 Å². The lowest BCUT2D eigenvalue weighted by atomic mass is 10.1. The van der Waals surface area contributed by atoms with Crippen LogP contribution in [0.5, 0.6) is 5.75 Å². The molecule has 0 aliphatic carbocycles. The molecule has 0 spiro atoms. The lowest BCUT2D eigenvalue weighted by Crippen LogP contribution is -2.17. The van der Waals surface area contributed by atoms with Gasteiger partial charge in [0.1, 0.15) is 12.4 Å². The SMILES string of the molecule is C=Cc1c(OC)cccc1C1=NC(C)(C)CO1. The highest BCUT2D eigenvalue weighted by Crippen LogP contribution is 2.28. The number of benzene rings is 1. The minimum atomic E-state index is -0.156. The molecule has 0 aromatic heterocycles. The van der Waals surface area contributed by atoms with Crippen LogP contribution in [0.4, 0.5) is 0 Å². The summed E-state index contributed by atoms with van der Waals surface area (Å²) in [4.78, 5) is 4.57. The fraction of sp³-hybridized carbons (Fsp3) is 0.357. The van der Waals surface area contributed by atoms with E-state index in [0.29, 0.717) is 12.5 Å². The predicted octanol–water partition coefficient (Wildman–Crippen LogP) is 2.89. The van der Waals surface area contributed by atoms with E-state index < -0.39 is 0 Å². The molecule has 1 aliphatic rings. The van der Waals surface area contributed by atoms with E-state index in [-0.39, 0.29) is 5.54 Å². The Morgan fingerprint density at radius 2 is 2.24 bits per heavy atom. The number of methoxy groups -OCH3 is 1. The van der Waals surface area contributed by atoms with Crippen molar-refractivity contribution in [1.82, 2.24) is 0 Å². The molecule has 3 nitrogen and oxygen atoms in total. The smallest absolute Gasteiger partial charge is 0.217 e. The summed E-state index contributed by atoms with van der Waals surface area (Å²) < 4.78 is 10.9. The number of hydrogen-bond donors (Lipinski definition) is 0. The van der Waals surface area contributed by atoms with E-state index in [0.717, 1.165) is 16.9 Å². The Balaban J connectivity index is 2.50. The molecule has 0 saturated heterocycles. The molecule has 0 N–H and O–H groups in total. The van der Waals surface area contributed by atoms with E-state index in [9.17, 15) is 0 Å². The van der Waals surface area contributed by atoms with Crippen molar-refractivity contribution in [3.05, 3.63) is 35.9 Å². The van der Waals surface area contributed by atoms with Gasteiger partial charge in [-0.25, -0.2) is 4.99 Å². The van der Waals surface area contributed by atoms with Gasteiger partial charge in [-0.15, -0.1) is 0 Å². The Morgan fingerprint density at radius 1 is 1.47 bits per heavy atom. The predicted molar refractivity (Wildman–Crippen MR) is 69.7 cm³/mol. The first-order valence-electron chi connectivity index (χ1n) is 5.60. The Kier molecular flexibility index (Phi) is 2.92. The van der Waals surface area contributed by atoms with Crippen LogP contribution in [0.3, 0.4) is 0 Å². The van der Waals surface area contributed by atoms with Crippen LogP contribution >= 0.6 is 0 Å². The molecule has 17 heavy (non-hydrogen) atoms. The first-order valence-corrected chi connectivity index (χ1v) is 5.60. The van der Waals surface area contributed by atoms with Crippen molar-refractivity contribution in [1.29, 1.82) is 0 Å². The highest BCUT2D eigenvalue weighted by molar-refractivity contribution is 5.99. The van der Waals surface area contributed by atoms with E-state index in [2.05, 4.69) is 11.6 Å². The van der Waals surface area contributed by atoms with E-state index in [1.54, 1.807) is 13.2 Å². The van der Waals surface area contributed by atoms with Gasteiger partial charge < -0.3 is 9.47 Å². The average molecular weight is 231 g/mol. The zero-order valence-corrected chi connectivity index (χ0v) is 10.5. The molecule has 0 amide bonds. The second-order valence-corrected chi connectivity index (χ2v) is 4.64. The summed E-state index contributed by atoms with van der Waals surface area (Å²) in [7, 11) is 1.65. The third-order valence-electron chi connectivity index (χ3n) is 2.69. The molecule has 0 bridgehead atoms. The molecule has 1 heterocycles. The number of aliphatic imine (C=N–C) groups is 1. The van der Waals surface area contributed by atoms with Crippen LogP contribution in [-0.2, 0) is 4.74 Å². The van der Waals surface area contributed by atoms with Gasteiger partial charge in [0, 0.05) is 11.1 Å². The molecule has 2 rings (SSSR count). The topological polar surface area (TPSA) is 30.8 Å². The van der Waals surface area contributed by atoms with Gasteiger partial charge in [-0.1, -0.05) is 18.7 Å². The zero-order valence-electron chi connectivity index (χ0n) is 10.5. The highest BCUT2D eigenvalue weighted by atomic mass is 16.5. The molecule has 1 aromatic rings. The van der Waals surface area contributed by atoms with Crippen molar-refractivity contribution in [2.24, 2.45) is 4.99 Å². The maximum Gasteiger partial charge on any atom is 0.217 e. The van der Waals surface area contributed by atoms with Crippen LogP contribution in [-0.4, -0.2) is 25.2 Å². The molecule has 3 heteroatoms. The minimum absolute atomic E-state index is 0.156. The van der Waals surface area contributed by atoms with Gasteiger partial charge in [-0.2, -0.15) is 0 Å². The normalized spacial score (nSPS) is 17.2. The minimum Gasteiger partial charge on any atom is -0.496 e. The Bertz CT molecular complexity index is 475. The molecule has 1 aliphatic heterocycles. The number of ether oxygens (including phenoxy) is 2. The van der Waals surface area contributed by atoms with Crippen molar-refractivity contribution in [3.63, 3.8) is 0 Å². The summed E-state index contributed by atoms with van der Waals surface area (Å²) in [5, 5.41) is 0. The monoisotopic (exact) mass is 231 g/mol. The highest BCUT2D eigenvalue weighted by Gasteiger charge is 2.28. The fourth-order valence-corrected chi connectivity index (χ4v) is 1.84. The Morgan fingerprint density at radius 3 is 2.76 bits per heavy atom. The summed E-state index contributed by atoms with van der Waals surface area (Å²) in [6.45, 7) is 8.52. The van der Waals surface area contributed by atoms with Crippen LogP contribution in [0.1, 0.15) is 25.0 Å². The quantitative estimate of drug-likeness (QED) is 0.800. The van der Waals surface area contributed by atoms with Gasteiger partial charge in [0.25, 0.3) is 0 Å². The summed E-state index contributed by atoms with van der Waals surface area (Å²) in [6.07, 6.45) is 1.77. The van der Waals surface area contributed by atoms with Gasteiger partial charge in [0.05, 0.1) is 12.6 Å². The molecule has 0 radical (unpaired) electrons. The molecule has 90 valence electrons. The molecular formula is C14H17NO2. The van der Waals surface area contributed by atoms with Crippen molar-refractivity contribution in [2.45, 2.75) is 19.4 Å². The summed E-state index contributed by atoms with van der Waals surface area (Å²) in [6, 6.07) is 5.80. The van der Waals surface area contributed by atoms with Crippen molar-refractivity contribution >= 4 is 12.0 Å². The lowest BCUT2D eigenvalue weighted by molar-refractivity contribution is 0.279. The summed E-state index contributed by atoms with van der Waals surface area (Å²) >= 11 is 0. The Labute approximate surface area is 102 Å². The number of rotatable bonds is 3. The largest absolute Gasteiger partial charge is 0.496 e. The molecule has 0 saturated carbocycles. The zero-order chi connectivity index (χ0) is 12.5. The third kappa shape index (κ3) is 2.18. The van der Waals surface area contributed by atoms with Crippen LogP contribution in [0.2, 0.25) is 0 Å². The molecular weight excluding hydrogens is 214 g/mol. The third-order valence-corrected chi connectivity index (χ3v) is 2.69. The van der Waals surface area contributed by atoms with Crippen molar-refractivity contribution in [3.8, 4) is 5.75 Å². The molecule has 0 fully saturated rings. The standard InChI is InChI=1S/C14H17NO2/c1-5-10-11(7-6-8-12(10)16-4)13-15-14(2,3)9-17-13/h5-8H,1,9H2,2-4H3. The molecule has 1 aromatic carbocycles. The van der Waals surface area contributed by atoms with Crippen molar-refractivity contribution < 1.29 is 9.47 Å². The first kappa shape index (κ1) is 11.7. The van der Waals surface area contributed by atoms with Gasteiger partial charge in [-0.05, 0) is 26.0 Å². The van der Waals surface area contributed by atoms with E-state index in [1.807, 2.05) is 32.0 Å². The fourth-order valence-electron chi connectivity index (χ4n) is 1.84. The van der Waals surface area contributed by atoms with Gasteiger partial charge in [0.2, 0.25) is 5.90 Å². The van der Waals surface area contributed by atoms with Gasteiger partial charge in [-0.3, -0.25) is 0 Å². The maximum absolute atomic E-state index is 5.64. The van der Waals surface area contributed by atoms with Crippen LogP contribution < -0.4 is 4.74 Å². The molecule has 0 unspecified atom stereocenters. The average Bonchev–Trinajstić information content (AvgIpc) is 2.68. The number of hydrogen-bond acceptors (Lipinski definition) is 3. The van der Waals surface area contributed by atoms with E-state index in [4.69, 9.17) is 9.47 Å². The summed E-state index contributed by atoms with van der Waals surface area (Å²) in [5.41, 5.74) is 1.70.